The van der Waals surface area contributed by atoms with Crippen molar-refractivity contribution in [1.82, 2.24) is 14.7 Å². The monoisotopic (exact) mass is 451 g/mol. The van der Waals surface area contributed by atoms with Gasteiger partial charge < -0.3 is 25.4 Å². The van der Waals surface area contributed by atoms with E-state index in [9.17, 15) is 9.59 Å². The van der Waals surface area contributed by atoms with Crippen LogP contribution in [0.1, 0.15) is 47.9 Å². The van der Waals surface area contributed by atoms with Crippen LogP contribution in [0.4, 0.5) is 5.82 Å². The van der Waals surface area contributed by atoms with Crippen molar-refractivity contribution in [1.29, 1.82) is 0 Å². The van der Waals surface area contributed by atoms with Gasteiger partial charge in [-0.3, -0.25) is 9.59 Å². The highest BCUT2D eigenvalue weighted by Crippen LogP contribution is 2.30. The van der Waals surface area contributed by atoms with Crippen molar-refractivity contribution < 1.29 is 19.1 Å². The predicted molar refractivity (Wildman–Crippen MR) is 125 cm³/mol. The molecule has 1 aromatic carbocycles. The average molecular weight is 452 g/mol. The van der Waals surface area contributed by atoms with Crippen molar-refractivity contribution in [3.05, 3.63) is 47.7 Å². The van der Waals surface area contributed by atoms with Gasteiger partial charge in [0.05, 0.1) is 20.3 Å². The number of rotatable bonds is 7. The normalized spacial score (nSPS) is 15.1. The Bertz CT molecular complexity index is 1100. The average Bonchev–Trinajstić information content (AvgIpc) is 3.41. The second kappa shape index (κ2) is 10.1. The number of nitrogens with zero attached hydrogens (tertiary/aromatic N) is 3. The Morgan fingerprint density at radius 2 is 1.91 bits per heavy atom. The van der Waals surface area contributed by atoms with E-state index in [4.69, 9.17) is 15.2 Å². The highest BCUT2D eigenvalue weighted by atomic mass is 16.5. The first-order chi connectivity index (χ1) is 15.8. The van der Waals surface area contributed by atoms with Gasteiger partial charge in [0.25, 0.3) is 5.91 Å². The fraction of sp³-hybridized carbons (Fsp3) is 0.375. The molecule has 1 atom stereocenters. The number of hydrogen-bond acceptors (Lipinski definition) is 6. The minimum absolute atomic E-state index is 0.0225. The smallest absolute Gasteiger partial charge is 0.255 e. The van der Waals surface area contributed by atoms with E-state index >= 15 is 0 Å². The molecule has 1 aliphatic rings. The molecule has 1 aromatic heterocycles. The van der Waals surface area contributed by atoms with Gasteiger partial charge in [-0.2, -0.15) is 5.10 Å². The van der Waals surface area contributed by atoms with E-state index in [2.05, 4.69) is 28.8 Å². The molecule has 1 aliphatic heterocycles. The van der Waals surface area contributed by atoms with E-state index < -0.39 is 5.91 Å². The lowest BCUT2D eigenvalue weighted by Crippen LogP contribution is -2.28. The molecule has 9 nitrogen and oxygen atoms in total. The van der Waals surface area contributed by atoms with Gasteiger partial charge >= 0.3 is 0 Å². The SMILES string of the molecule is C=CC(=O)N1CCC(n2nc(C#Cc3cc(OC)cc(OC)c3)c(C(N)=O)c2NC(C)C)C1. The summed E-state index contributed by atoms with van der Waals surface area (Å²) in [5.74, 6) is 6.94. The predicted octanol–water partition coefficient (Wildman–Crippen LogP) is 2.18. The molecular weight excluding hydrogens is 422 g/mol. The number of likely N-dealkylation sites (tertiary alicyclic amines) is 1. The maximum atomic E-state index is 12.4. The highest BCUT2D eigenvalue weighted by molar-refractivity contribution is 6.00. The standard InChI is InChI=1S/C24H29N5O4/c1-6-21(30)28-10-9-17(14-28)29-24(26-15(2)3)22(23(25)31)20(27-29)8-7-16-11-18(32-4)13-19(12-16)33-5/h6,11-13,15,17,26H,1,9-10,14H2,2-5H3,(H2,25,31). The van der Waals surface area contributed by atoms with E-state index in [1.807, 2.05) is 13.8 Å². The van der Waals surface area contributed by atoms with Crippen LogP contribution < -0.4 is 20.5 Å². The molecule has 2 heterocycles. The molecule has 1 fully saturated rings. The van der Waals surface area contributed by atoms with Crippen LogP contribution in [0.2, 0.25) is 0 Å². The van der Waals surface area contributed by atoms with E-state index in [0.717, 1.165) is 0 Å². The quantitative estimate of drug-likeness (QED) is 0.493. The molecule has 1 unspecified atom stereocenters. The van der Waals surface area contributed by atoms with Crippen LogP contribution in [0.25, 0.3) is 0 Å². The second-order valence-corrected chi connectivity index (χ2v) is 7.96. The van der Waals surface area contributed by atoms with E-state index in [1.54, 1.807) is 42.0 Å². The van der Waals surface area contributed by atoms with E-state index in [1.165, 1.54) is 6.08 Å². The van der Waals surface area contributed by atoms with Crippen molar-refractivity contribution in [2.45, 2.75) is 32.4 Å². The van der Waals surface area contributed by atoms with Crippen molar-refractivity contribution in [3.63, 3.8) is 0 Å². The summed E-state index contributed by atoms with van der Waals surface area (Å²) < 4.78 is 12.3. The first kappa shape index (κ1) is 23.7. The summed E-state index contributed by atoms with van der Waals surface area (Å²) in [4.78, 5) is 26.2. The van der Waals surface area contributed by atoms with Crippen molar-refractivity contribution >= 4 is 17.6 Å². The molecule has 9 heteroatoms. The summed E-state index contributed by atoms with van der Waals surface area (Å²) in [6, 6.07) is 5.17. The Hall–Kier alpha value is -3.93. The number of hydrogen-bond donors (Lipinski definition) is 2. The molecule has 0 saturated carbocycles. The van der Waals surface area contributed by atoms with Crippen molar-refractivity contribution in [3.8, 4) is 23.3 Å². The summed E-state index contributed by atoms with van der Waals surface area (Å²) in [5, 5.41) is 7.92. The Morgan fingerprint density at radius 3 is 2.45 bits per heavy atom. The van der Waals surface area contributed by atoms with Crippen molar-refractivity contribution in [2.24, 2.45) is 5.73 Å². The highest BCUT2D eigenvalue weighted by Gasteiger charge is 2.31. The van der Waals surface area contributed by atoms with Gasteiger partial charge in [-0.15, -0.1) is 0 Å². The Morgan fingerprint density at radius 1 is 1.24 bits per heavy atom. The summed E-state index contributed by atoms with van der Waals surface area (Å²) in [7, 11) is 3.12. The lowest BCUT2D eigenvalue weighted by Gasteiger charge is -2.19. The number of ether oxygens (including phenoxy) is 2. The lowest BCUT2D eigenvalue weighted by molar-refractivity contribution is -0.125. The van der Waals surface area contributed by atoms with Gasteiger partial charge in [-0.1, -0.05) is 12.5 Å². The van der Waals surface area contributed by atoms with Crippen LogP contribution in [0.3, 0.4) is 0 Å². The zero-order chi connectivity index (χ0) is 24.1. The largest absolute Gasteiger partial charge is 0.497 e. The third-order valence-electron chi connectivity index (χ3n) is 5.25. The summed E-state index contributed by atoms with van der Waals surface area (Å²) in [6.07, 6.45) is 1.99. The van der Waals surface area contributed by atoms with Crippen LogP contribution >= 0.6 is 0 Å². The number of nitrogens with two attached hydrogens (primary N) is 1. The lowest BCUT2D eigenvalue weighted by atomic mass is 10.1. The molecule has 2 aromatic rings. The molecule has 3 rings (SSSR count). The first-order valence-electron chi connectivity index (χ1n) is 10.6. The first-order valence-corrected chi connectivity index (χ1v) is 10.6. The van der Waals surface area contributed by atoms with Crippen LogP contribution in [-0.2, 0) is 4.79 Å². The fourth-order valence-electron chi connectivity index (χ4n) is 3.71. The Kier molecular flexibility index (Phi) is 7.28. The molecule has 174 valence electrons. The minimum atomic E-state index is -0.631. The van der Waals surface area contributed by atoms with Gasteiger partial charge in [-0.05, 0) is 44.4 Å². The number of primary amides is 1. The van der Waals surface area contributed by atoms with E-state index in [0.29, 0.717) is 42.4 Å². The molecule has 0 aliphatic carbocycles. The number of methoxy groups -OCH3 is 2. The molecule has 3 N–H and O–H groups in total. The number of carbonyl (C=O) groups excluding carboxylic acids is 2. The van der Waals surface area contributed by atoms with Crippen LogP contribution in [0, 0.1) is 11.8 Å². The number of nitrogens with one attached hydrogen (secondary N) is 1. The molecule has 0 spiro atoms. The maximum Gasteiger partial charge on any atom is 0.255 e. The minimum Gasteiger partial charge on any atom is -0.497 e. The van der Waals surface area contributed by atoms with Crippen LogP contribution in [-0.4, -0.2) is 59.8 Å². The number of anilines is 1. The number of aromatic nitrogens is 2. The summed E-state index contributed by atoms with van der Waals surface area (Å²) in [5.41, 5.74) is 6.87. The van der Waals surface area contributed by atoms with Crippen molar-refractivity contribution in [2.75, 3.05) is 32.6 Å². The number of amides is 2. The summed E-state index contributed by atoms with van der Waals surface area (Å²) >= 11 is 0. The Labute approximate surface area is 193 Å². The molecule has 2 amide bonds. The van der Waals surface area contributed by atoms with Crippen LogP contribution in [0.5, 0.6) is 11.5 Å². The molecule has 0 bridgehead atoms. The molecule has 1 saturated heterocycles. The molecule has 0 radical (unpaired) electrons. The fourth-order valence-corrected chi connectivity index (χ4v) is 3.71. The number of carbonyl (C=O) groups is 2. The Balaban J connectivity index is 2.06. The second-order valence-electron chi connectivity index (χ2n) is 7.96. The van der Waals surface area contributed by atoms with Gasteiger partial charge in [-0.25, -0.2) is 4.68 Å². The molecular formula is C24H29N5O4. The van der Waals surface area contributed by atoms with Crippen LogP contribution in [0.15, 0.2) is 30.9 Å². The van der Waals surface area contributed by atoms with Gasteiger partial charge in [0.1, 0.15) is 22.9 Å². The van der Waals surface area contributed by atoms with Gasteiger partial charge in [0.2, 0.25) is 5.91 Å². The third kappa shape index (κ3) is 5.29. The molecule has 33 heavy (non-hydrogen) atoms. The van der Waals surface area contributed by atoms with Gasteiger partial charge in [0.15, 0.2) is 5.69 Å². The number of benzene rings is 1. The maximum absolute atomic E-state index is 12.4. The van der Waals surface area contributed by atoms with Gasteiger partial charge in [0, 0.05) is 30.8 Å². The zero-order valence-corrected chi connectivity index (χ0v) is 19.3. The topological polar surface area (TPSA) is 112 Å². The summed E-state index contributed by atoms with van der Waals surface area (Å²) in [6.45, 7) is 8.50. The zero-order valence-electron chi connectivity index (χ0n) is 19.3. The third-order valence-corrected chi connectivity index (χ3v) is 5.25. The van der Waals surface area contributed by atoms with E-state index in [-0.39, 0.29) is 29.2 Å².